The number of nitrogens with zero attached hydrogens (tertiary/aromatic N) is 3. The normalized spacial score (nSPS) is 11.2. The number of hydrazone groups is 1. The summed E-state index contributed by atoms with van der Waals surface area (Å²) in [6, 6.07) is 23.0. The summed E-state index contributed by atoms with van der Waals surface area (Å²) in [7, 11) is 0. The van der Waals surface area contributed by atoms with Crippen LogP contribution in [0.3, 0.4) is 0 Å². The zero-order valence-electron chi connectivity index (χ0n) is 18.1. The topological polar surface area (TPSA) is 88.7 Å². The van der Waals surface area contributed by atoms with E-state index in [0.717, 1.165) is 21.8 Å². The molecule has 1 amide bonds. The van der Waals surface area contributed by atoms with Crippen LogP contribution in [0, 0.1) is 0 Å². The van der Waals surface area contributed by atoms with Gasteiger partial charge >= 0.3 is 0 Å². The van der Waals surface area contributed by atoms with Crippen LogP contribution in [0.5, 0.6) is 11.5 Å². The number of thioether (sulfide) groups is 1. The van der Waals surface area contributed by atoms with Crippen LogP contribution in [0.2, 0.25) is 0 Å². The van der Waals surface area contributed by atoms with Gasteiger partial charge in [0.2, 0.25) is 0 Å². The highest BCUT2D eigenvalue weighted by Crippen LogP contribution is 2.26. The van der Waals surface area contributed by atoms with Crippen molar-refractivity contribution in [3.05, 3.63) is 83.9 Å². The summed E-state index contributed by atoms with van der Waals surface area (Å²) in [5.41, 5.74) is 6.33. The van der Waals surface area contributed by atoms with Crippen LogP contribution < -0.4 is 10.2 Å². The van der Waals surface area contributed by atoms with Gasteiger partial charge in [0.15, 0.2) is 16.7 Å². The van der Waals surface area contributed by atoms with Gasteiger partial charge in [-0.3, -0.25) is 4.79 Å². The number of aromatic hydroxyl groups is 1. The molecule has 33 heavy (non-hydrogen) atoms. The van der Waals surface area contributed by atoms with Crippen molar-refractivity contribution >= 4 is 34.9 Å². The number of carbonyl (C=O) groups excluding carboxylic acids is 1. The predicted octanol–water partition coefficient (Wildman–Crippen LogP) is 4.43. The molecule has 7 nitrogen and oxygen atoms in total. The summed E-state index contributed by atoms with van der Waals surface area (Å²) in [6.07, 6.45) is 1.51. The molecule has 1 heterocycles. The number of phenolic OH excluding ortho intramolecular Hbond substituents is 1. The highest BCUT2D eigenvalue weighted by molar-refractivity contribution is 7.99. The van der Waals surface area contributed by atoms with Gasteiger partial charge in [-0.2, -0.15) is 5.10 Å². The van der Waals surface area contributed by atoms with Crippen molar-refractivity contribution in [1.82, 2.24) is 15.0 Å². The number of rotatable bonds is 9. The number of carbonyl (C=O) groups is 1. The molecule has 0 saturated carbocycles. The first-order valence-electron chi connectivity index (χ1n) is 10.5. The molecule has 3 aromatic carbocycles. The molecule has 0 aliphatic heterocycles. The standard InChI is InChI=1S/C25H24N4O3S/c1-2-32-23-14-19(12-13-22(23)30)15-26-28-24(31)17-33-25-27-20-10-6-7-11-21(20)29(25)16-18-8-4-3-5-9-18/h3-15,30H,2,16-17H2,1H3,(H,28,31)/b26-15-. The average Bonchev–Trinajstić information content (AvgIpc) is 3.18. The molecule has 0 fully saturated rings. The molecular formula is C25H24N4O3S. The summed E-state index contributed by atoms with van der Waals surface area (Å²) in [5.74, 6) is 0.377. The fourth-order valence-corrected chi connectivity index (χ4v) is 4.11. The molecule has 0 bridgehead atoms. The summed E-state index contributed by atoms with van der Waals surface area (Å²) >= 11 is 1.37. The molecule has 0 aliphatic carbocycles. The van der Waals surface area contributed by atoms with Gasteiger partial charge in [-0.05, 0) is 48.4 Å². The minimum absolute atomic E-state index is 0.0628. The molecule has 8 heteroatoms. The van der Waals surface area contributed by atoms with Crippen molar-refractivity contribution < 1.29 is 14.6 Å². The van der Waals surface area contributed by atoms with E-state index in [9.17, 15) is 9.90 Å². The Balaban J connectivity index is 1.41. The Bertz CT molecular complexity index is 1270. The number of benzene rings is 3. The Morgan fingerprint density at radius 1 is 1.15 bits per heavy atom. The highest BCUT2D eigenvalue weighted by atomic mass is 32.2. The maximum Gasteiger partial charge on any atom is 0.250 e. The lowest BCUT2D eigenvalue weighted by atomic mass is 10.2. The van der Waals surface area contributed by atoms with Crippen molar-refractivity contribution in [2.75, 3.05) is 12.4 Å². The van der Waals surface area contributed by atoms with E-state index in [4.69, 9.17) is 9.72 Å². The number of hydrogen-bond acceptors (Lipinski definition) is 6. The van der Waals surface area contributed by atoms with Gasteiger partial charge in [0.1, 0.15) is 0 Å². The second-order valence-electron chi connectivity index (χ2n) is 7.20. The summed E-state index contributed by atoms with van der Waals surface area (Å²) < 4.78 is 7.48. The van der Waals surface area contributed by atoms with Crippen LogP contribution in [-0.4, -0.2) is 39.1 Å². The lowest BCUT2D eigenvalue weighted by Gasteiger charge is -2.09. The van der Waals surface area contributed by atoms with Crippen molar-refractivity contribution in [3.63, 3.8) is 0 Å². The number of phenols is 1. The zero-order chi connectivity index (χ0) is 23.0. The fourth-order valence-electron chi connectivity index (χ4n) is 3.31. The van der Waals surface area contributed by atoms with Crippen LogP contribution in [0.1, 0.15) is 18.1 Å². The van der Waals surface area contributed by atoms with Gasteiger partial charge in [0.05, 0.1) is 36.2 Å². The van der Waals surface area contributed by atoms with E-state index in [1.54, 1.807) is 12.1 Å². The second kappa shape index (κ2) is 10.7. The monoisotopic (exact) mass is 460 g/mol. The Kier molecular flexibility index (Phi) is 7.26. The number of ether oxygens (including phenoxy) is 1. The fraction of sp³-hybridized carbons (Fsp3) is 0.160. The van der Waals surface area contributed by atoms with Crippen molar-refractivity contribution in [2.45, 2.75) is 18.6 Å². The van der Waals surface area contributed by atoms with Crippen molar-refractivity contribution in [1.29, 1.82) is 0 Å². The number of nitrogens with one attached hydrogen (secondary N) is 1. The van der Waals surface area contributed by atoms with Gasteiger partial charge in [-0.25, -0.2) is 10.4 Å². The van der Waals surface area contributed by atoms with Crippen LogP contribution in [0.15, 0.2) is 83.1 Å². The van der Waals surface area contributed by atoms with E-state index in [-0.39, 0.29) is 17.4 Å². The largest absolute Gasteiger partial charge is 0.504 e. The smallest absolute Gasteiger partial charge is 0.250 e. The Morgan fingerprint density at radius 2 is 1.94 bits per heavy atom. The summed E-state index contributed by atoms with van der Waals surface area (Å²) in [4.78, 5) is 17.1. The second-order valence-corrected chi connectivity index (χ2v) is 8.14. The number of imidazole rings is 1. The molecule has 0 unspecified atom stereocenters. The number of hydrogen-bond donors (Lipinski definition) is 2. The first-order valence-corrected chi connectivity index (χ1v) is 11.5. The summed E-state index contributed by atoms with van der Waals surface area (Å²) in [5, 5.41) is 14.6. The van der Waals surface area contributed by atoms with Crippen molar-refractivity contribution in [2.24, 2.45) is 5.10 Å². The van der Waals surface area contributed by atoms with Crippen molar-refractivity contribution in [3.8, 4) is 11.5 Å². The first-order chi connectivity index (χ1) is 16.1. The molecule has 0 atom stereocenters. The van der Waals surface area contributed by atoms with E-state index in [1.807, 2.05) is 49.4 Å². The van der Waals surface area contributed by atoms with Gasteiger partial charge in [-0.1, -0.05) is 54.2 Å². The van der Waals surface area contributed by atoms with Gasteiger partial charge in [0.25, 0.3) is 5.91 Å². The Labute approximate surface area is 196 Å². The van der Waals surface area contributed by atoms with E-state index >= 15 is 0 Å². The van der Waals surface area contributed by atoms with E-state index in [0.29, 0.717) is 24.5 Å². The average molecular weight is 461 g/mol. The number of amides is 1. The number of para-hydroxylation sites is 2. The first kappa shape index (κ1) is 22.4. The molecule has 2 N–H and O–H groups in total. The quantitative estimate of drug-likeness (QED) is 0.219. The molecule has 4 rings (SSSR count). The molecular weight excluding hydrogens is 436 g/mol. The molecule has 4 aromatic rings. The number of fused-ring (bicyclic) bond motifs is 1. The van der Waals surface area contributed by atoms with Crippen LogP contribution in [0.4, 0.5) is 0 Å². The summed E-state index contributed by atoms with van der Waals surface area (Å²) in [6.45, 7) is 2.95. The third kappa shape index (κ3) is 5.72. The molecule has 0 saturated heterocycles. The lowest BCUT2D eigenvalue weighted by Crippen LogP contribution is -2.20. The predicted molar refractivity (Wildman–Crippen MR) is 131 cm³/mol. The minimum atomic E-state index is -0.238. The van der Waals surface area contributed by atoms with Gasteiger partial charge in [-0.15, -0.1) is 0 Å². The van der Waals surface area contributed by atoms with E-state index < -0.39 is 0 Å². The van der Waals surface area contributed by atoms with E-state index in [2.05, 4.69) is 27.2 Å². The van der Waals surface area contributed by atoms with Crippen LogP contribution in [-0.2, 0) is 11.3 Å². The van der Waals surface area contributed by atoms with E-state index in [1.165, 1.54) is 24.0 Å². The maximum absolute atomic E-state index is 12.4. The lowest BCUT2D eigenvalue weighted by molar-refractivity contribution is -0.118. The molecule has 0 spiro atoms. The van der Waals surface area contributed by atoms with Gasteiger partial charge in [0, 0.05) is 0 Å². The maximum atomic E-state index is 12.4. The molecule has 0 aliphatic rings. The highest BCUT2D eigenvalue weighted by Gasteiger charge is 2.13. The van der Waals surface area contributed by atoms with Gasteiger partial charge < -0.3 is 14.4 Å². The number of aromatic nitrogens is 2. The third-order valence-corrected chi connectivity index (χ3v) is 5.80. The third-order valence-electron chi connectivity index (χ3n) is 4.82. The molecule has 0 radical (unpaired) electrons. The SMILES string of the molecule is CCOc1cc(/C=N\NC(=O)CSc2nc3ccccc3n2Cc2ccccc2)ccc1O. The zero-order valence-corrected chi connectivity index (χ0v) is 19.0. The molecule has 168 valence electrons. The van der Waals surface area contributed by atoms with Crippen LogP contribution in [0.25, 0.3) is 11.0 Å². The molecule has 1 aromatic heterocycles. The minimum Gasteiger partial charge on any atom is -0.504 e. The Hall–Kier alpha value is -3.78. The Morgan fingerprint density at radius 3 is 2.76 bits per heavy atom. The van der Waals surface area contributed by atoms with Crippen LogP contribution >= 0.6 is 11.8 Å².